The van der Waals surface area contributed by atoms with Gasteiger partial charge in [0.1, 0.15) is 23.9 Å². The zero-order valence-electron chi connectivity index (χ0n) is 16.0. The Hall–Kier alpha value is -2.87. The van der Waals surface area contributed by atoms with Crippen LogP contribution in [0.4, 0.5) is 0 Å². The van der Waals surface area contributed by atoms with Gasteiger partial charge in [0, 0.05) is 24.2 Å². The molecule has 1 aliphatic heterocycles. The number of nitrogens with zero attached hydrogens (tertiary/aromatic N) is 3. The number of hydrogen-bond donors (Lipinski definition) is 1. The van der Waals surface area contributed by atoms with Gasteiger partial charge in [0.05, 0.1) is 12.2 Å². The minimum atomic E-state index is -0.194. The maximum absolute atomic E-state index is 12.8. The minimum absolute atomic E-state index is 0.160. The molecule has 0 fully saturated rings. The normalized spacial score (nSPS) is 14.1. The Morgan fingerprint density at radius 3 is 2.75 bits per heavy atom. The van der Waals surface area contributed by atoms with Gasteiger partial charge >= 0.3 is 0 Å². The van der Waals surface area contributed by atoms with Crippen molar-refractivity contribution in [3.8, 4) is 22.1 Å². The third-order valence-corrected chi connectivity index (χ3v) is 5.46. The zero-order chi connectivity index (χ0) is 19.7. The Labute approximate surface area is 167 Å². The molecule has 146 valence electrons. The number of benzene rings is 1. The van der Waals surface area contributed by atoms with Crippen molar-refractivity contribution in [1.82, 2.24) is 20.1 Å². The van der Waals surface area contributed by atoms with Crippen LogP contribution in [0.25, 0.3) is 10.6 Å². The van der Waals surface area contributed by atoms with Crippen molar-refractivity contribution in [2.45, 2.75) is 19.9 Å². The van der Waals surface area contributed by atoms with Crippen LogP contribution in [-0.4, -0.2) is 33.9 Å². The van der Waals surface area contributed by atoms with Crippen LogP contribution in [0, 0.1) is 5.92 Å². The van der Waals surface area contributed by atoms with Gasteiger partial charge in [-0.15, -0.1) is 11.3 Å². The first kappa shape index (κ1) is 18.5. The summed E-state index contributed by atoms with van der Waals surface area (Å²) in [7, 11) is 1.85. The van der Waals surface area contributed by atoms with Gasteiger partial charge < -0.3 is 14.8 Å². The maximum Gasteiger partial charge on any atom is 0.271 e. The summed E-state index contributed by atoms with van der Waals surface area (Å²) in [5, 5.41) is 9.82. The number of hydrogen-bond acceptors (Lipinski definition) is 6. The highest BCUT2D eigenvalue weighted by atomic mass is 32.1. The molecular weight excluding hydrogens is 376 g/mol. The molecule has 0 bridgehead atoms. The molecule has 0 aliphatic carbocycles. The minimum Gasteiger partial charge on any atom is -0.486 e. The van der Waals surface area contributed by atoms with Gasteiger partial charge in [-0.1, -0.05) is 19.9 Å². The molecule has 3 heterocycles. The number of fused-ring (bicyclic) bond motifs is 1. The van der Waals surface area contributed by atoms with Crippen LogP contribution in [0.15, 0.2) is 36.0 Å². The average molecular weight is 398 g/mol. The fourth-order valence-electron chi connectivity index (χ4n) is 3.15. The maximum atomic E-state index is 12.8. The highest BCUT2D eigenvalue weighted by molar-refractivity contribution is 7.13. The number of carbonyl (C=O) groups excluding carboxylic acids is 1. The van der Waals surface area contributed by atoms with Crippen molar-refractivity contribution in [3.05, 3.63) is 47.2 Å². The van der Waals surface area contributed by atoms with E-state index < -0.39 is 0 Å². The van der Waals surface area contributed by atoms with Crippen molar-refractivity contribution in [2.24, 2.45) is 13.0 Å². The summed E-state index contributed by atoms with van der Waals surface area (Å²) in [6.45, 7) is 5.23. The predicted octanol–water partition coefficient (Wildman–Crippen LogP) is 3.44. The van der Waals surface area contributed by atoms with Crippen LogP contribution in [0.3, 0.4) is 0 Å². The molecule has 1 aliphatic rings. The number of carbonyl (C=O) groups is 1. The van der Waals surface area contributed by atoms with Gasteiger partial charge in [0.2, 0.25) is 0 Å². The molecule has 2 aromatic heterocycles. The van der Waals surface area contributed by atoms with E-state index in [2.05, 4.69) is 29.2 Å². The molecule has 8 heteroatoms. The average Bonchev–Trinajstić information content (AvgIpc) is 3.34. The van der Waals surface area contributed by atoms with Crippen LogP contribution in [0.2, 0.25) is 0 Å². The Bertz CT molecular complexity index is 995. The first-order chi connectivity index (χ1) is 13.5. The number of aryl methyl sites for hydroxylation is 1. The molecule has 1 N–H and O–H groups in total. The fraction of sp³-hybridized carbons (Fsp3) is 0.350. The SMILES string of the molecule is CC(C)C(NC(=O)c1csc(-c2cnn(C)c2)n1)c1ccc2c(c1)OCCO2. The molecule has 28 heavy (non-hydrogen) atoms. The molecule has 3 aromatic rings. The molecule has 0 saturated carbocycles. The molecule has 1 aromatic carbocycles. The van der Waals surface area contributed by atoms with E-state index in [0.29, 0.717) is 18.9 Å². The molecule has 1 unspecified atom stereocenters. The summed E-state index contributed by atoms with van der Waals surface area (Å²) in [4.78, 5) is 17.3. The Morgan fingerprint density at radius 1 is 1.25 bits per heavy atom. The summed E-state index contributed by atoms with van der Waals surface area (Å²) < 4.78 is 13.0. The van der Waals surface area contributed by atoms with Crippen molar-refractivity contribution in [3.63, 3.8) is 0 Å². The summed E-state index contributed by atoms with van der Waals surface area (Å²) in [5.41, 5.74) is 2.29. The second kappa shape index (κ2) is 7.63. The first-order valence-corrected chi connectivity index (χ1v) is 10.0. The van der Waals surface area contributed by atoms with Gasteiger partial charge in [-0.05, 0) is 23.6 Å². The summed E-state index contributed by atoms with van der Waals surface area (Å²) in [5.74, 6) is 1.46. The largest absolute Gasteiger partial charge is 0.486 e. The van der Waals surface area contributed by atoms with Crippen molar-refractivity contribution >= 4 is 17.2 Å². The quantitative estimate of drug-likeness (QED) is 0.712. The van der Waals surface area contributed by atoms with E-state index in [4.69, 9.17) is 9.47 Å². The molecule has 0 spiro atoms. The molecule has 4 rings (SSSR count). The Morgan fingerprint density at radius 2 is 2.04 bits per heavy atom. The second-order valence-electron chi connectivity index (χ2n) is 7.04. The first-order valence-electron chi connectivity index (χ1n) is 9.16. The molecular formula is C20H22N4O3S. The predicted molar refractivity (Wildman–Crippen MR) is 107 cm³/mol. The lowest BCUT2D eigenvalue weighted by Gasteiger charge is -2.25. The molecule has 0 saturated heterocycles. The number of rotatable bonds is 5. The highest BCUT2D eigenvalue weighted by Crippen LogP contribution is 2.34. The van der Waals surface area contributed by atoms with E-state index in [-0.39, 0.29) is 17.9 Å². The molecule has 7 nitrogen and oxygen atoms in total. The smallest absolute Gasteiger partial charge is 0.271 e. The van der Waals surface area contributed by atoms with Crippen molar-refractivity contribution in [2.75, 3.05) is 13.2 Å². The lowest BCUT2D eigenvalue weighted by Crippen LogP contribution is -2.32. The fourth-order valence-corrected chi connectivity index (χ4v) is 3.92. The Balaban J connectivity index is 1.53. The number of ether oxygens (including phenoxy) is 2. The summed E-state index contributed by atoms with van der Waals surface area (Å²) in [6, 6.07) is 5.66. The van der Waals surface area contributed by atoms with E-state index in [1.807, 2.05) is 31.4 Å². The second-order valence-corrected chi connectivity index (χ2v) is 7.90. The van der Waals surface area contributed by atoms with Crippen LogP contribution in [0.1, 0.15) is 35.9 Å². The summed E-state index contributed by atoms with van der Waals surface area (Å²) >= 11 is 1.43. The number of thiazole rings is 1. The van der Waals surface area contributed by atoms with E-state index in [9.17, 15) is 4.79 Å². The lowest BCUT2D eigenvalue weighted by molar-refractivity contribution is 0.0921. The van der Waals surface area contributed by atoms with Crippen LogP contribution in [0.5, 0.6) is 11.5 Å². The number of amides is 1. The Kier molecular flexibility index (Phi) is 5.04. The van der Waals surface area contributed by atoms with Crippen molar-refractivity contribution < 1.29 is 14.3 Å². The van der Waals surface area contributed by atoms with E-state index in [1.165, 1.54) is 11.3 Å². The van der Waals surface area contributed by atoms with Gasteiger partial charge in [-0.25, -0.2) is 4.98 Å². The van der Waals surface area contributed by atoms with Gasteiger partial charge in [0.25, 0.3) is 5.91 Å². The molecule has 1 atom stereocenters. The third kappa shape index (κ3) is 3.73. The standard InChI is InChI=1S/C20H22N4O3S/c1-12(2)18(13-4-5-16-17(8-13)27-7-6-26-16)23-19(25)15-11-28-20(22-15)14-9-21-24(3)10-14/h4-5,8-12,18H,6-7H2,1-3H3,(H,23,25). The third-order valence-electron chi connectivity index (χ3n) is 4.57. The zero-order valence-corrected chi connectivity index (χ0v) is 16.8. The highest BCUT2D eigenvalue weighted by Gasteiger charge is 2.23. The van der Waals surface area contributed by atoms with Gasteiger partial charge in [0.15, 0.2) is 11.5 Å². The number of aromatic nitrogens is 3. The summed E-state index contributed by atoms with van der Waals surface area (Å²) in [6.07, 6.45) is 3.62. The van der Waals surface area contributed by atoms with Crippen LogP contribution < -0.4 is 14.8 Å². The van der Waals surface area contributed by atoms with Crippen LogP contribution >= 0.6 is 11.3 Å². The molecule has 0 radical (unpaired) electrons. The van der Waals surface area contributed by atoms with Gasteiger partial charge in [-0.2, -0.15) is 5.10 Å². The number of nitrogens with one attached hydrogen (secondary N) is 1. The topological polar surface area (TPSA) is 78.3 Å². The van der Waals surface area contributed by atoms with Gasteiger partial charge in [-0.3, -0.25) is 9.48 Å². The van der Waals surface area contributed by atoms with Crippen LogP contribution in [-0.2, 0) is 7.05 Å². The van der Waals surface area contributed by atoms with E-state index >= 15 is 0 Å². The van der Waals surface area contributed by atoms with E-state index in [0.717, 1.165) is 27.6 Å². The lowest BCUT2D eigenvalue weighted by atomic mass is 9.95. The monoisotopic (exact) mass is 398 g/mol. The van der Waals surface area contributed by atoms with Crippen molar-refractivity contribution in [1.29, 1.82) is 0 Å². The molecule has 1 amide bonds. The van der Waals surface area contributed by atoms with E-state index in [1.54, 1.807) is 16.3 Å².